The van der Waals surface area contributed by atoms with E-state index in [4.69, 9.17) is 4.74 Å². The highest BCUT2D eigenvalue weighted by Crippen LogP contribution is 2.06. The molecule has 0 aromatic carbocycles. The van der Waals surface area contributed by atoms with E-state index in [9.17, 15) is 13.6 Å². The van der Waals surface area contributed by atoms with E-state index in [0.717, 1.165) is 0 Å². The van der Waals surface area contributed by atoms with Crippen LogP contribution in [-0.2, 0) is 22.4 Å². The number of carbonyl (C=O) groups is 1. The molecule has 1 aromatic heterocycles. The van der Waals surface area contributed by atoms with E-state index in [1.807, 2.05) is 0 Å². The lowest BCUT2D eigenvalue weighted by molar-refractivity contribution is -0.129. The molecule has 16 heavy (non-hydrogen) atoms. The van der Waals surface area contributed by atoms with Crippen molar-refractivity contribution in [1.82, 2.24) is 10.1 Å². The van der Waals surface area contributed by atoms with Gasteiger partial charge in [0.2, 0.25) is 11.7 Å². The lowest BCUT2D eigenvalue weighted by Gasteiger charge is -2.03. The summed E-state index contributed by atoms with van der Waals surface area (Å²) < 4.78 is 33.5. The van der Waals surface area contributed by atoms with Crippen LogP contribution < -0.4 is 0 Å². The van der Waals surface area contributed by atoms with Gasteiger partial charge < -0.3 is 9.26 Å². The Balaban J connectivity index is 2.54. The van der Waals surface area contributed by atoms with Crippen LogP contribution in [0.2, 0.25) is 0 Å². The smallest absolute Gasteiger partial charge is 0.296 e. The second-order valence-electron chi connectivity index (χ2n) is 3.30. The Kier molecular flexibility index (Phi) is 4.48. The molecule has 1 atom stereocenters. The number of alkyl halides is 2. The number of halogens is 2. The quantitative estimate of drug-likeness (QED) is 0.735. The minimum Gasteiger partial charge on any atom is -0.381 e. The summed E-state index contributed by atoms with van der Waals surface area (Å²) >= 11 is 0. The molecule has 0 amide bonds. The zero-order valence-electron chi connectivity index (χ0n) is 8.94. The number of carbonyl (C=O) groups excluding carboxylic acids is 1. The van der Waals surface area contributed by atoms with Crippen LogP contribution in [0.3, 0.4) is 0 Å². The molecule has 1 unspecified atom stereocenters. The van der Waals surface area contributed by atoms with Crippen molar-refractivity contribution in [2.45, 2.75) is 32.3 Å². The van der Waals surface area contributed by atoms with Gasteiger partial charge in [-0.1, -0.05) is 5.16 Å². The first-order valence-electron chi connectivity index (χ1n) is 4.68. The molecule has 0 bridgehead atoms. The SMILES string of the molecule is COC(C)Cc1noc(CC(=O)C(F)F)n1. The summed E-state index contributed by atoms with van der Waals surface area (Å²) in [6.45, 7) is 1.81. The average Bonchev–Trinajstić information content (AvgIpc) is 2.65. The van der Waals surface area contributed by atoms with Gasteiger partial charge in [0.05, 0.1) is 12.5 Å². The molecule has 0 spiro atoms. The summed E-state index contributed by atoms with van der Waals surface area (Å²) in [4.78, 5) is 14.5. The van der Waals surface area contributed by atoms with Gasteiger partial charge in [0.1, 0.15) is 0 Å². The summed E-state index contributed by atoms with van der Waals surface area (Å²) in [6, 6.07) is 0. The van der Waals surface area contributed by atoms with Crippen LogP contribution in [0.15, 0.2) is 4.52 Å². The van der Waals surface area contributed by atoms with Crippen molar-refractivity contribution in [2.24, 2.45) is 0 Å². The first-order valence-corrected chi connectivity index (χ1v) is 4.68. The number of ether oxygens (including phenoxy) is 1. The molecular formula is C9H12F2N2O3. The van der Waals surface area contributed by atoms with Gasteiger partial charge in [-0.2, -0.15) is 4.98 Å². The standard InChI is InChI=1S/C9H12F2N2O3/c1-5(15-2)3-7-12-8(16-13-7)4-6(14)9(10)11/h5,9H,3-4H2,1-2H3. The minimum absolute atomic E-state index is 0.0939. The lowest BCUT2D eigenvalue weighted by Crippen LogP contribution is -2.13. The zero-order chi connectivity index (χ0) is 12.1. The van der Waals surface area contributed by atoms with Gasteiger partial charge in [-0.25, -0.2) is 8.78 Å². The molecule has 0 saturated heterocycles. The van der Waals surface area contributed by atoms with Gasteiger partial charge in [-0.3, -0.25) is 4.79 Å². The molecule has 1 heterocycles. The summed E-state index contributed by atoms with van der Waals surface area (Å²) in [5.41, 5.74) is 0. The summed E-state index contributed by atoms with van der Waals surface area (Å²) in [5, 5.41) is 3.55. The van der Waals surface area contributed by atoms with Crippen LogP contribution in [0, 0.1) is 0 Å². The fraction of sp³-hybridized carbons (Fsp3) is 0.667. The maximum absolute atomic E-state index is 11.9. The number of nitrogens with zero attached hydrogens (tertiary/aromatic N) is 2. The molecule has 1 rings (SSSR count). The highest BCUT2D eigenvalue weighted by molar-refractivity contribution is 5.82. The molecule has 0 radical (unpaired) electrons. The number of ketones is 1. The van der Waals surface area contributed by atoms with E-state index in [0.29, 0.717) is 12.2 Å². The zero-order valence-corrected chi connectivity index (χ0v) is 8.94. The van der Waals surface area contributed by atoms with Crippen molar-refractivity contribution in [2.75, 3.05) is 7.11 Å². The largest absolute Gasteiger partial charge is 0.381 e. The van der Waals surface area contributed by atoms with Crippen LogP contribution in [0.25, 0.3) is 0 Å². The van der Waals surface area contributed by atoms with Crippen molar-refractivity contribution in [3.8, 4) is 0 Å². The number of rotatable bonds is 6. The second-order valence-corrected chi connectivity index (χ2v) is 3.30. The van der Waals surface area contributed by atoms with Gasteiger partial charge >= 0.3 is 0 Å². The summed E-state index contributed by atoms with van der Waals surface area (Å²) in [6.07, 6.45) is -3.24. The third kappa shape index (κ3) is 3.65. The van der Waals surface area contributed by atoms with Crippen LogP contribution in [-0.4, -0.2) is 35.6 Å². The third-order valence-corrected chi connectivity index (χ3v) is 1.95. The monoisotopic (exact) mass is 234 g/mol. The van der Waals surface area contributed by atoms with Gasteiger partial charge in [0.15, 0.2) is 5.82 Å². The topological polar surface area (TPSA) is 65.2 Å². The predicted octanol–water partition coefficient (Wildman–Crippen LogP) is 1.02. The Bertz CT molecular complexity index is 354. The van der Waals surface area contributed by atoms with Gasteiger partial charge in [0.25, 0.3) is 6.43 Å². The Hall–Kier alpha value is -1.37. The predicted molar refractivity (Wildman–Crippen MR) is 49.2 cm³/mol. The lowest BCUT2D eigenvalue weighted by atomic mass is 10.2. The van der Waals surface area contributed by atoms with E-state index in [1.165, 1.54) is 7.11 Å². The maximum Gasteiger partial charge on any atom is 0.296 e. The van der Waals surface area contributed by atoms with Crippen LogP contribution >= 0.6 is 0 Å². The van der Waals surface area contributed by atoms with Gasteiger partial charge in [-0.15, -0.1) is 0 Å². The Labute approximate surface area is 90.8 Å². The molecular weight excluding hydrogens is 222 g/mol. The molecule has 0 aliphatic rings. The fourth-order valence-electron chi connectivity index (χ4n) is 1.01. The Morgan fingerprint density at radius 2 is 2.25 bits per heavy atom. The van der Waals surface area contributed by atoms with Crippen molar-refractivity contribution >= 4 is 5.78 Å². The number of aromatic nitrogens is 2. The summed E-state index contributed by atoms with van der Waals surface area (Å²) in [7, 11) is 1.53. The van der Waals surface area contributed by atoms with Crippen LogP contribution in [0.1, 0.15) is 18.6 Å². The molecule has 0 aliphatic heterocycles. The van der Waals surface area contributed by atoms with Crippen LogP contribution in [0.5, 0.6) is 0 Å². The molecule has 0 fully saturated rings. The maximum atomic E-state index is 11.9. The molecule has 5 nitrogen and oxygen atoms in total. The van der Waals surface area contributed by atoms with E-state index < -0.39 is 18.6 Å². The van der Waals surface area contributed by atoms with Gasteiger partial charge in [0, 0.05) is 13.5 Å². The minimum atomic E-state index is -3.01. The molecule has 0 saturated carbocycles. The second kappa shape index (κ2) is 5.64. The van der Waals surface area contributed by atoms with Crippen molar-refractivity contribution in [3.05, 3.63) is 11.7 Å². The molecule has 0 aliphatic carbocycles. The van der Waals surface area contributed by atoms with Gasteiger partial charge in [-0.05, 0) is 6.92 Å². The van der Waals surface area contributed by atoms with Crippen molar-refractivity contribution < 1.29 is 22.8 Å². The average molecular weight is 234 g/mol. The number of methoxy groups -OCH3 is 1. The summed E-state index contributed by atoms with van der Waals surface area (Å²) in [5.74, 6) is -0.981. The molecule has 0 N–H and O–H groups in total. The number of Topliss-reactive ketones (excluding diaryl/α,β-unsaturated/α-hetero) is 1. The van der Waals surface area contributed by atoms with E-state index in [-0.39, 0.29) is 12.0 Å². The highest BCUT2D eigenvalue weighted by Gasteiger charge is 2.19. The fourth-order valence-corrected chi connectivity index (χ4v) is 1.01. The molecule has 90 valence electrons. The van der Waals surface area contributed by atoms with E-state index in [1.54, 1.807) is 6.92 Å². The van der Waals surface area contributed by atoms with Crippen LogP contribution in [0.4, 0.5) is 8.78 Å². The molecule has 1 aromatic rings. The third-order valence-electron chi connectivity index (χ3n) is 1.95. The first-order chi connectivity index (χ1) is 7.52. The highest BCUT2D eigenvalue weighted by atomic mass is 19.3. The van der Waals surface area contributed by atoms with E-state index in [2.05, 4.69) is 14.7 Å². The first kappa shape index (κ1) is 12.7. The van der Waals surface area contributed by atoms with E-state index >= 15 is 0 Å². The number of hydrogen-bond acceptors (Lipinski definition) is 5. The Morgan fingerprint density at radius 1 is 1.56 bits per heavy atom. The van der Waals surface area contributed by atoms with Crippen molar-refractivity contribution in [1.29, 1.82) is 0 Å². The number of hydrogen-bond donors (Lipinski definition) is 0. The molecule has 7 heteroatoms. The van der Waals surface area contributed by atoms with Crippen molar-refractivity contribution in [3.63, 3.8) is 0 Å². The normalized spacial score (nSPS) is 13.1. The Morgan fingerprint density at radius 3 is 2.81 bits per heavy atom.